The molecule has 0 aromatic heterocycles. The minimum atomic E-state index is -0.870. The number of carbonyl (C=O) groups is 1. The first-order valence-electron chi connectivity index (χ1n) is 9.98. The lowest BCUT2D eigenvalue weighted by molar-refractivity contribution is -0.140. The van der Waals surface area contributed by atoms with Gasteiger partial charge in [0.25, 0.3) is 5.91 Å². The molecule has 0 aliphatic carbocycles. The highest BCUT2D eigenvalue weighted by atomic mass is 16.5. The Balaban J connectivity index is 2.89. The van der Waals surface area contributed by atoms with Crippen LogP contribution in [0.3, 0.4) is 0 Å². The van der Waals surface area contributed by atoms with Gasteiger partial charge in [0.15, 0.2) is 0 Å². The van der Waals surface area contributed by atoms with Crippen LogP contribution in [0.5, 0.6) is 5.75 Å². The third kappa shape index (κ3) is 7.60. The van der Waals surface area contributed by atoms with Gasteiger partial charge in [-0.1, -0.05) is 47.0 Å². The van der Waals surface area contributed by atoms with Crippen LogP contribution in [0.2, 0.25) is 0 Å². The van der Waals surface area contributed by atoms with Gasteiger partial charge in [0.05, 0.1) is 12.2 Å². The highest BCUT2D eigenvalue weighted by molar-refractivity contribution is 5.97. The van der Waals surface area contributed by atoms with E-state index in [1.54, 1.807) is 18.2 Å². The lowest BCUT2D eigenvalue weighted by Gasteiger charge is -2.29. The molecule has 150 valence electrons. The molecule has 0 spiro atoms. The largest absolute Gasteiger partial charge is 0.492 e. The zero-order chi connectivity index (χ0) is 20.3. The van der Waals surface area contributed by atoms with Crippen LogP contribution in [0.25, 0.3) is 0 Å². The molecule has 0 bridgehead atoms. The smallest absolute Gasteiger partial charge is 0.256 e. The molecule has 5 nitrogen and oxygen atoms in total. The second-order valence-corrected chi connectivity index (χ2v) is 7.52. The van der Waals surface area contributed by atoms with E-state index in [0.717, 1.165) is 25.7 Å². The first kappa shape index (κ1) is 23.0. The number of rotatable bonds is 12. The predicted octanol–water partition coefficient (Wildman–Crippen LogP) is 5.30. The lowest BCUT2D eigenvalue weighted by atomic mass is 9.96. The van der Waals surface area contributed by atoms with Crippen molar-refractivity contribution in [3.8, 4) is 11.8 Å². The van der Waals surface area contributed by atoms with E-state index < -0.39 is 5.60 Å². The molecule has 0 aliphatic heterocycles. The summed E-state index contributed by atoms with van der Waals surface area (Å²) in [5.41, 5.74) is 0.121. The molecule has 0 aliphatic rings. The van der Waals surface area contributed by atoms with Crippen molar-refractivity contribution in [1.82, 2.24) is 0 Å². The van der Waals surface area contributed by atoms with Crippen LogP contribution in [0, 0.1) is 17.2 Å². The van der Waals surface area contributed by atoms with Crippen molar-refractivity contribution < 1.29 is 14.3 Å². The maximum absolute atomic E-state index is 12.9. The fourth-order valence-corrected chi connectivity index (χ4v) is 2.63. The van der Waals surface area contributed by atoms with Crippen LogP contribution >= 0.6 is 0 Å². The molecule has 1 N–H and O–H groups in total. The number of anilines is 1. The molecule has 0 heterocycles. The SMILES string of the molecule is CCCCC[C@@](C)(OCCC)C(=O)Nc1ccc(OCC(C)C)c(C#N)c1. The monoisotopic (exact) mass is 374 g/mol. The summed E-state index contributed by atoms with van der Waals surface area (Å²) in [7, 11) is 0. The van der Waals surface area contributed by atoms with Crippen molar-refractivity contribution in [1.29, 1.82) is 5.26 Å². The van der Waals surface area contributed by atoms with E-state index in [4.69, 9.17) is 9.47 Å². The maximum atomic E-state index is 12.9. The number of ether oxygens (including phenoxy) is 2. The van der Waals surface area contributed by atoms with E-state index >= 15 is 0 Å². The Morgan fingerprint density at radius 2 is 2.00 bits per heavy atom. The number of hydrogen-bond donors (Lipinski definition) is 1. The molecule has 1 amide bonds. The number of nitrogens with one attached hydrogen (secondary N) is 1. The number of carbonyl (C=O) groups excluding carboxylic acids is 1. The van der Waals surface area contributed by atoms with Gasteiger partial charge >= 0.3 is 0 Å². The summed E-state index contributed by atoms with van der Waals surface area (Å²) in [6.45, 7) is 11.2. The summed E-state index contributed by atoms with van der Waals surface area (Å²) in [5.74, 6) is 0.736. The summed E-state index contributed by atoms with van der Waals surface area (Å²) in [6, 6.07) is 7.29. The Morgan fingerprint density at radius 3 is 2.59 bits per heavy atom. The quantitative estimate of drug-likeness (QED) is 0.504. The van der Waals surface area contributed by atoms with Gasteiger partial charge in [0.2, 0.25) is 0 Å². The lowest BCUT2D eigenvalue weighted by Crippen LogP contribution is -2.43. The van der Waals surface area contributed by atoms with Gasteiger partial charge in [-0.05, 0) is 43.9 Å². The average molecular weight is 375 g/mol. The Labute approximate surface area is 164 Å². The van der Waals surface area contributed by atoms with Crippen LogP contribution in [0.15, 0.2) is 18.2 Å². The number of nitriles is 1. The number of unbranched alkanes of at least 4 members (excludes halogenated alkanes) is 2. The molecule has 1 aromatic rings. The maximum Gasteiger partial charge on any atom is 0.256 e. The van der Waals surface area contributed by atoms with Crippen LogP contribution in [0.4, 0.5) is 5.69 Å². The van der Waals surface area contributed by atoms with Crippen LogP contribution in [-0.4, -0.2) is 24.7 Å². The Kier molecular flexibility index (Phi) is 9.88. The zero-order valence-corrected chi connectivity index (χ0v) is 17.4. The third-order valence-electron chi connectivity index (χ3n) is 4.29. The van der Waals surface area contributed by atoms with Gasteiger partial charge in [0.1, 0.15) is 17.4 Å². The highest BCUT2D eigenvalue weighted by Crippen LogP contribution is 2.26. The predicted molar refractivity (Wildman–Crippen MR) is 109 cm³/mol. The Morgan fingerprint density at radius 1 is 1.26 bits per heavy atom. The molecule has 0 unspecified atom stereocenters. The molecule has 1 rings (SSSR count). The molecular formula is C22H34N2O3. The first-order valence-corrected chi connectivity index (χ1v) is 9.98. The second-order valence-electron chi connectivity index (χ2n) is 7.52. The summed E-state index contributed by atoms with van der Waals surface area (Å²) in [5, 5.41) is 12.3. The van der Waals surface area contributed by atoms with E-state index in [2.05, 4.69) is 32.2 Å². The molecule has 1 atom stereocenters. The highest BCUT2D eigenvalue weighted by Gasteiger charge is 2.33. The topological polar surface area (TPSA) is 71.3 Å². The normalized spacial score (nSPS) is 13.1. The van der Waals surface area contributed by atoms with Crippen molar-refractivity contribution >= 4 is 11.6 Å². The summed E-state index contributed by atoms with van der Waals surface area (Å²) in [6.07, 6.45) is 4.63. The van der Waals surface area contributed by atoms with Gasteiger partial charge in [-0.3, -0.25) is 4.79 Å². The van der Waals surface area contributed by atoms with Gasteiger partial charge in [-0.25, -0.2) is 0 Å². The summed E-state index contributed by atoms with van der Waals surface area (Å²) < 4.78 is 11.6. The van der Waals surface area contributed by atoms with E-state index in [0.29, 0.717) is 42.6 Å². The number of benzene rings is 1. The zero-order valence-electron chi connectivity index (χ0n) is 17.4. The second kappa shape index (κ2) is 11.6. The molecule has 0 saturated carbocycles. The standard InChI is InChI=1S/C22H34N2O3/c1-6-8-9-12-22(5,27-13-7-2)21(25)24-19-10-11-20(18(14-19)15-23)26-16-17(3)4/h10-11,14,17H,6-9,12-13,16H2,1-5H3,(H,24,25)/t22-/m1/s1. The summed E-state index contributed by atoms with van der Waals surface area (Å²) in [4.78, 5) is 12.9. The van der Waals surface area contributed by atoms with Crippen LogP contribution in [-0.2, 0) is 9.53 Å². The number of amides is 1. The molecule has 1 aromatic carbocycles. The van der Waals surface area contributed by atoms with Crippen molar-refractivity contribution in [2.24, 2.45) is 5.92 Å². The van der Waals surface area contributed by atoms with Crippen molar-refractivity contribution in [2.75, 3.05) is 18.5 Å². The van der Waals surface area contributed by atoms with E-state index in [9.17, 15) is 10.1 Å². The van der Waals surface area contributed by atoms with Crippen molar-refractivity contribution in [2.45, 2.75) is 72.3 Å². The van der Waals surface area contributed by atoms with Crippen LogP contribution in [0.1, 0.15) is 72.3 Å². The van der Waals surface area contributed by atoms with Gasteiger partial charge in [-0.15, -0.1) is 0 Å². The van der Waals surface area contributed by atoms with E-state index in [-0.39, 0.29) is 5.91 Å². The Bertz CT molecular complexity index is 637. The van der Waals surface area contributed by atoms with Crippen molar-refractivity contribution in [3.05, 3.63) is 23.8 Å². The fourth-order valence-electron chi connectivity index (χ4n) is 2.63. The molecule has 0 radical (unpaired) electrons. The fraction of sp³-hybridized carbons (Fsp3) is 0.636. The van der Waals surface area contributed by atoms with Crippen LogP contribution < -0.4 is 10.1 Å². The van der Waals surface area contributed by atoms with Gasteiger partial charge < -0.3 is 14.8 Å². The Hall–Kier alpha value is -2.06. The average Bonchev–Trinajstić information content (AvgIpc) is 2.65. The minimum absolute atomic E-state index is 0.174. The third-order valence-corrected chi connectivity index (χ3v) is 4.29. The van der Waals surface area contributed by atoms with E-state index in [1.807, 2.05) is 13.8 Å². The molecule has 5 heteroatoms. The van der Waals surface area contributed by atoms with Gasteiger partial charge in [-0.2, -0.15) is 5.26 Å². The number of hydrogen-bond acceptors (Lipinski definition) is 4. The minimum Gasteiger partial charge on any atom is -0.492 e. The number of nitrogens with zero attached hydrogens (tertiary/aromatic N) is 1. The molecule has 0 fully saturated rings. The summed E-state index contributed by atoms with van der Waals surface area (Å²) >= 11 is 0. The molecule has 27 heavy (non-hydrogen) atoms. The molecular weight excluding hydrogens is 340 g/mol. The van der Waals surface area contributed by atoms with E-state index in [1.165, 1.54) is 0 Å². The van der Waals surface area contributed by atoms with Gasteiger partial charge in [0, 0.05) is 12.3 Å². The molecule has 0 saturated heterocycles. The first-order chi connectivity index (χ1) is 12.9. The van der Waals surface area contributed by atoms with Crippen molar-refractivity contribution in [3.63, 3.8) is 0 Å².